The fourth-order valence-corrected chi connectivity index (χ4v) is 1.65. The first kappa shape index (κ1) is 13.8. The van der Waals surface area contributed by atoms with Crippen LogP contribution in [0.1, 0.15) is 5.56 Å². The number of halogens is 2. The van der Waals surface area contributed by atoms with Crippen LogP contribution < -0.4 is 10.1 Å². The van der Waals surface area contributed by atoms with E-state index in [1.807, 2.05) is 6.07 Å². The van der Waals surface area contributed by atoms with Crippen LogP contribution >= 0.6 is 0 Å². The largest absolute Gasteiger partial charge is 0.479 e. The van der Waals surface area contributed by atoms with Crippen LogP contribution in [0.15, 0.2) is 42.5 Å². The van der Waals surface area contributed by atoms with Crippen molar-refractivity contribution in [2.24, 2.45) is 0 Å². The molecular weight excluding hydrogens is 262 g/mol. The molecular formula is C15H12F2N2O. The van der Waals surface area contributed by atoms with Crippen LogP contribution in [0.5, 0.6) is 5.75 Å². The Hall–Kier alpha value is -2.61. The van der Waals surface area contributed by atoms with Gasteiger partial charge in [-0.3, -0.25) is 0 Å². The van der Waals surface area contributed by atoms with Gasteiger partial charge in [0.05, 0.1) is 0 Å². The normalized spacial score (nSPS) is 9.85. The zero-order valence-corrected chi connectivity index (χ0v) is 10.6. The van der Waals surface area contributed by atoms with Crippen LogP contribution in [0.25, 0.3) is 0 Å². The predicted molar refractivity (Wildman–Crippen MR) is 71.2 cm³/mol. The van der Waals surface area contributed by atoms with Gasteiger partial charge in [-0.25, -0.2) is 8.78 Å². The van der Waals surface area contributed by atoms with Gasteiger partial charge >= 0.3 is 0 Å². The summed E-state index contributed by atoms with van der Waals surface area (Å²) in [6.45, 7) is 0.248. The highest BCUT2D eigenvalue weighted by atomic mass is 19.1. The Morgan fingerprint density at radius 2 is 1.85 bits per heavy atom. The molecule has 0 fully saturated rings. The molecule has 0 saturated carbocycles. The lowest BCUT2D eigenvalue weighted by atomic mass is 10.2. The summed E-state index contributed by atoms with van der Waals surface area (Å²) in [5.41, 5.74) is 1.16. The summed E-state index contributed by atoms with van der Waals surface area (Å²) >= 11 is 0. The second kappa shape index (κ2) is 6.53. The van der Waals surface area contributed by atoms with Crippen molar-refractivity contribution < 1.29 is 13.5 Å². The second-order valence-electron chi connectivity index (χ2n) is 4.06. The van der Waals surface area contributed by atoms with Crippen molar-refractivity contribution in [3.05, 3.63) is 59.7 Å². The molecule has 0 saturated heterocycles. The van der Waals surface area contributed by atoms with Gasteiger partial charge in [-0.2, -0.15) is 5.26 Å². The molecule has 1 N–H and O–H groups in total. The van der Waals surface area contributed by atoms with E-state index in [4.69, 9.17) is 10.00 Å². The Bertz CT molecular complexity index is 621. The van der Waals surface area contributed by atoms with E-state index >= 15 is 0 Å². The Kier molecular flexibility index (Phi) is 4.51. The van der Waals surface area contributed by atoms with Crippen molar-refractivity contribution in [1.82, 2.24) is 0 Å². The highest BCUT2D eigenvalue weighted by Crippen LogP contribution is 2.17. The fraction of sp³-hybridized carbons (Fsp3) is 0.133. The molecule has 5 heteroatoms. The summed E-state index contributed by atoms with van der Waals surface area (Å²) in [6.07, 6.45) is 0. The highest BCUT2D eigenvalue weighted by Gasteiger charge is 2.03. The summed E-state index contributed by atoms with van der Waals surface area (Å²) in [5.74, 6) is -0.582. The Morgan fingerprint density at radius 1 is 1.10 bits per heavy atom. The van der Waals surface area contributed by atoms with E-state index in [0.717, 1.165) is 11.8 Å². The van der Waals surface area contributed by atoms with Crippen molar-refractivity contribution in [3.8, 4) is 11.8 Å². The minimum absolute atomic E-state index is 0.00638. The van der Waals surface area contributed by atoms with Crippen LogP contribution in [0.4, 0.5) is 14.5 Å². The summed E-state index contributed by atoms with van der Waals surface area (Å²) in [6, 6.07) is 12.3. The molecule has 20 heavy (non-hydrogen) atoms. The lowest BCUT2D eigenvalue weighted by molar-refractivity contribution is 0.368. The number of nitrogens with zero attached hydrogens (tertiary/aromatic N) is 1. The van der Waals surface area contributed by atoms with Crippen molar-refractivity contribution in [3.63, 3.8) is 0 Å². The van der Waals surface area contributed by atoms with Crippen molar-refractivity contribution in [2.75, 3.05) is 11.9 Å². The Morgan fingerprint density at radius 3 is 2.50 bits per heavy atom. The maximum absolute atomic E-state index is 13.4. The number of nitriles is 1. The van der Waals surface area contributed by atoms with Crippen molar-refractivity contribution in [1.29, 1.82) is 5.26 Å². The third kappa shape index (κ3) is 3.69. The van der Waals surface area contributed by atoms with Crippen LogP contribution in [-0.4, -0.2) is 6.61 Å². The molecule has 102 valence electrons. The van der Waals surface area contributed by atoms with Crippen LogP contribution in [0.3, 0.4) is 0 Å². The van der Waals surface area contributed by atoms with E-state index < -0.39 is 11.6 Å². The number of hydrogen-bond donors (Lipinski definition) is 1. The summed E-state index contributed by atoms with van der Waals surface area (Å²) in [7, 11) is 0. The smallest absolute Gasteiger partial charge is 0.174 e. The van der Waals surface area contributed by atoms with Gasteiger partial charge in [0, 0.05) is 23.9 Å². The summed E-state index contributed by atoms with van der Waals surface area (Å²) < 4.78 is 31.3. The van der Waals surface area contributed by atoms with E-state index in [0.29, 0.717) is 11.3 Å². The predicted octanol–water partition coefficient (Wildman–Crippen LogP) is 3.48. The first-order chi connectivity index (χ1) is 9.69. The minimum atomic E-state index is -0.592. The van der Waals surface area contributed by atoms with Gasteiger partial charge in [-0.15, -0.1) is 0 Å². The molecule has 0 amide bonds. The maximum Gasteiger partial charge on any atom is 0.174 e. The number of ether oxygens (including phenoxy) is 1. The number of anilines is 1. The molecule has 0 aliphatic heterocycles. The van der Waals surface area contributed by atoms with Gasteiger partial charge in [-0.1, -0.05) is 6.07 Å². The SMILES string of the molecule is N#CCOc1ccc(NCc2ccc(F)cc2F)cc1. The molecule has 3 nitrogen and oxygen atoms in total. The molecule has 0 aliphatic rings. The highest BCUT2D eigenvalue weighted by molar-refractivity contribution is 5.46. The first-order valence-electron chi connectivity index (χ1n) is 5.96. The molecule has 0 heterocycles. The van der Waals surface area contributed by atoms with E-state index in [-0.39, 0.29) is 13.2 Å². The molecule has 2 aromatic carbocycles. The standard InChI is InChI=1S/C15H12F2N2O/c16-12-2-1-11(15(17)9-12)10-19-13-3-5-14(6-4-13)20-8-7-18/h1-6,9,19H,8,10H2. The molecule has 2 aromatic rings. The van der Waals surface area contributed by atoms with Crippen molar-refractivity contribution >= 4 is 5.69 Å². The van der Waals surface area contributed by atoms with Gasteiger partial charge < -0.3 is 10.1 Å². The Labute approximate surface area is 115 Å². The van der Waals surface area contributed by atoms with Gasteiger partial charge in [0.1, 0.15) is 23.5 Å². The minimum Gasteiger partial charge on any atom is -0.479 e. The quantitative estimate of drug-likeness (QED) is 0.907. The first-order valence-corrected chi connectivity index (χ1v) is 5.96. The molecule has 0 aromatic heterocycles. The number of benzene rings is 2. The van der Waals surface area contributed by atoms with E-state index in [2.05, 4.69) is 5.32 Å². The fourth-order valence-electron chi connectivity index (χ4n) is 1.65. The molecule has 0 aliphatic carbocycles. The second-order valence-corrected chi connectivity index (χ2v) is 4.06. The molecule has 0 atom stereocenters. The zero-order chi connectivity index (χ0) is 14.4. The maximum atomic E-state index is 13.4. The van der Waals surface area contributed by atoms with E-state index in [9.17, 15) is 8.78 Å². The molecule has 2 rings (SSSR count). The van der Waals surface area contributed by atoms with Crippen LogP contribution in [-0.2, 0) is 6.54 Å². The molecule has 0 radical (unpaired) electrons. The van der Waals surface area contributed by atoms with Gasteiger partial charge in [-0.05, 0) is 30.3 Å². The number of nitrogens with one attached hydrogen (secondary N) is 1. The van der Waals surface area contributed by atoms with Gasteiger partial charge in [0.2, 0.25) is 0 Å². The summed E-state index contributed by atoms with van der Waals surface area (Å²) in [5, 5.41) is 11.4. The number of rotatable bonds is 5. The molecule has 0 unspecified atom stereocenters. The third-order valence-electron chi connectivity index (χ3n) is 2.66. The lowest BCUT2D eigenvalue weighted by Crippen LogP contribution is -2.02. The average Bonchev–Trinajstić information content (AvgIpc) is 2.45. The van der Waals surface area contributed by atoms with Gasteiger partial charge in [0.25, 0.3) is 0 Å². The topological polar surface area (TPSA) is 45.0 Å². The average molecular weight is 274 g/mol. The van der Waals surface area contributed by atoms with E-state index in [1.165, 1.54) is 12.1 Å². The van der Waals surface area contributed by atoms with E-state index in [1.54, 1.807) is 24.3 Å². The lowest BCUT2D eigenvalue weighted by Gasteiger charge is -2.08. The zero-order valence-electron chi connectivity index (χ0n) is 10.6. The number of hydrogen-bond acceptors (Lipinski definition) is 3. The van der Waals surface area contributed by atoms with Crippen molar-refractivity contribution in [2.45, 2.75) is 6.54 Å². The van der Waals surface area contributed by atoms with Crippen LogP contribution in [0.2, 0.25) is 0 Å². The Balaban J connectivity index is 1.95. The van der Waals surface area contributed by atoms with Gasteiger partial charge in [0.15, 0.2) is 6.61 Å². The monoisotopic (exact) mass is 274 g/mol. The molecule has 0 bridgehead atoms. The third-order valence-corrected chi connectivity index (χ3v) is 2.66. The summed E-state index contributed by atoms with van der Waals surface area (Å²) in [4.78, 5) is 0. The van der Waals surface area contributed by atoms with Crippen LogP contribution in [0, 0.1) is 23.0 Å². The molecule has 0 spiro atoms.